The molecule has 0 spiro atoms. The van der Waals surface area contributed by atoms with Crippen molar-refractivity contribution in [2.45, 2.75) is 32.4 Å². The Bertz CT molecular complexity index is 265. The van der Waals surface area contributed by atoms with E-state index in [-0.39, 0.29) is 10.7 Å². The second-order valence-electron chi connectivity index (χ2n) is 4.58. The summed E-state index contributed by atoms with van der Waals surface area (Å²) in [5, 5.41) is 2.94. The molecule has 0 saturated carbocycles. The molecule has 0 atom stereocenters. The lowest BCUT2D eigenvalue weighted by Crippen LogP contribution is -2.52. The zero-order valence-corrected chi connectivity index (χ0v) is 9.45. The Hall–Kier alpha value is -0.0900. The van der Waals surface area contributed by atoms with Crippen molar-refractivity contribution in [1.29, 1.82) is 0 Å². The van der Waals surface area contributed by atoms with Gasteiger partial charge in [0.2, 0.25) is 0 Å². The zero-order chi connectivity index (χ0) is 10.1. The van der Waals surface area contributed by atoms with Crippen LogP contribution in [0.15, 0.2) is 0 Å². The summed E-state index contributed by atoms with van der Waals surface area (Å²) in [6.45, 7) is 7.55. The summed E-state index contributed by atoms with van der Waals surface area (Å²) in [5.74, 6) is 0.336. The van der Waals surface area contributed by atoms with Gasteiger partial charge in [-0.3, -0.25) is 0 Å². The van der Waals surface area contributed by atoms with E-state index in [1.54, 1.807) is 13.8 Å². The predicted octanol–water partition coefficient (Wildman–Crippen LogP) is 0.809. The Morgan fingerprint density at radius 2 is 1.92 bits per heavy atom. The van der Waals surface area contributed by atoms with Crippen molar-refractivity contribution in [2.75, 3.05) is 18.8 Å². The normalized spacial score (nSPS) is 21.5. The Morgan fingerprint density at radius 1 is 1.38 bits per heavy atom. The average molecular weight is 205 g/mol. The monoisotopic (exact) mass is 205 g/mol. The molecule has 0 aromatic rings. The predicted molar refractivity (Wildman–Crippen MR) is 54.5 cm³/mol. The number of rotatable bonds is 4. The van der Waals surface area contributed by atoms with Gasteiger partial charge in [0.25, 0.3) is 0 Å². The van der Waals surface area contributed by atoms with Crippen LogP contribution in [0.2, 0.25) is 0 Å². The summed E-state index contributed by atoms with van der Waals surface area (Å²) >= 11 is 0. The van der Waals surface area contributed by atoms with E-state index in [2.05, 4.69) is 12.2 Å². The molecule has 0 bridgehead atoms. The first-order valence-corrected chi connectivity index (χ1v) is 6.50. The van der Waals surface area contributed by atoms with Gasteiger partial charge in [0.05, 0.1) is 11.0 Å². The Labute approximate surface area is 80.8 Å². The van der Waals surface area contributed by atoms with Gasteiger partial charge in [0.15, 0.2) is 9.84 Å². The maximum absolute atomic E-state index is 11.5. The van der Waals surface area contributed by atoms with E-state index in [4.69, 9.17) is 0 Å². The Kier molecular flexibility index (Phi) is 3.02. The van der Waals surface area contributed by atoms with Crippen LogP contribution in [0.25, 0.3) is 0 Å². The van der Waals surface area contributed by atoms with Crippen molar-refractivity contribution in [3.8, 4) is 0 Å². The minimum atomic E-state index is -2.84. The molecular weight excluding hydrogens is 186 g/mol. The van der Waals surface area contributed by atoms with Crippen molar-refractivity contribution in [2.24, 2.45) is 5.41 Å². The minimum absolute atomic E-state index is 0.224. The first-order valence-electron chi connectivity index (χ1n) is 4.78. The van der Waals surface area contributed by atoms with Crippen LogP contribution in [0.3, 0.4) is 0 Å². The summed E-state index contributed by atoms with van der Waals surface area (Å²) in [6, 6.07) is 0. The van der Waals surface area contributed by atoms with Crippen LogP contribution in [-0.4, -0.2) is 32.5 Å². The van der Waals surface area contributed by atoms with Gasteiger partial charge >= 0.3 is 0 Å². The molecule has 0 amide bonds. The third kappa shape index (κ3) is 2.68. The van der Waals surface area contributed by atoms with Crippen LogP contribution >= 0.6 is 0 Å². The molecule has 4 heteroatoms. The van der Waals surface area contributed by atoms with Crippen molar-refractivity contribution < 1.29 is 8.42 Å². The van der Waals surface area contributed by atoms with E-state index in [1.165, 1.54) is 0 Å². The number of hydrogen-bond donors (Lipinski definition) is 1. The maximum Gasteiger partial charge on any atom is 0.152 e. The van der Waals surface area contributed by atoms with Gasteiger partial charge < -0.3 is 5.32 Å². The Morgan fingerprint density at radius 3 is 2.23 bits per heavy atom. The lowest BCUT2D eigenvalue weighted by Gasteiger charge is -2.39. The van der Waals surface area contributed by atoms with Crippen LogP contribution in [0.5, 0.6) is 0 Å². The molecular formula is C9H19NO2S. The molecule has 1 heterocycles. The fraction of sp³-hybridized carbons (Fsp3) is 1.00. The van der Waals surface area contributed by atoms with Crippen LogP contribution in [0.1, 0.15) is 27.2 Å². The van der Waals surface area contributed by atoms with Gasteiger partial charge in [0, 0.05) is 13.1 Å². The molecule has 78 valence electrons. The van der Waals surface area contributed by atoms with E-state index in [0.717, 1.165) is 19.5 Å². The van der Waals surface area contributed by atoms with Gasteiger partial charge in [0.1, 0.15) is 0 Å². The smallest absolute Gasteiger partial charge is 0.152 e. The standard InChI is InChI=1S/C9H19NO2S/c1-8(2)13(11,12)5-4-9(3)6-10-7-9/h8,10H,4-7H2,1-3H3. The number of sulfone groups is 1. The molecule has 3 nitrogen and oxygen atoms in total. The Balaban J connectivity index is 2.42. The van der Waals surface area contributed by atoms with Crippen molar-refractivity contribution in [3.63, 3.8) is 0 Å². The first-order chi connectivity index (χ1) is 5.86. The van der Waals surface area contributed by atoms with Crippen LogP contribution in [0.4, 0.5) is 0 Å². The molecule has 1 fully saturated rings. The molecule has 1 rings (SSSR count). The summed E-state index contributed by atoms with van der Waals surface area (Å²) in [4.78, 5) is 0. The molecule has 0 aromatic carbocycles. The molecule has 0 aromatic heterocycles. The van der Waals surface area contributed by atoms with Crippen LogP contribution in [-0.2, 0) is 9.84 Å². The van der Waals surface area contributed by atoms with Gasteiger partial charge in [-0.05, 0) is 25.7 Å². The van der Waals surface area contributed by atoms with Gasteiger partial charge in [-0.2, -0.15) is 0 Å². The van der Waals surface area contributed by atoms with E-state index in [9.17, 15) is 8.42 Å². The first kappa shape index (κ1) is 11.0. The molecule has 1 N–H and O–H groups in total. The second-order valence-corrected chi connectivity index (χ2v) is 7.26. The van der Waals surface area contributed by atoms with E-state index in [0.29, 0.717) is 5.75 Å². The molecule has 1 saturated heterocycles. The summed E-state index contributed by atoms with van der Waals surface area (Å²) in [6.07, 6.45) is 0.792. The van der Waals surface area contributed by atoms with Gasteiger partial charge in [-0.25, -0.2) is 8.42 Å². The van der Waals surface area contributed by atoms with E-state index in [1.807, 2.05) is 0 Å². The van der Waals surface area contributed by atoms with Crippen LogP contribution in [0, 0.1) is 5.41 Å². The fourth-order valence-electron chi connectivity index (χ4n) is 1.35. The molecule has 1 aliphatic heterocycles. The SMILES string of the molecule is CC(C)S(=O)(=O)CCC1(C)CNC1. The average Bonchev–Trinajstić information content (AvgIpc) is 1.97. The molecule has 0 unspecified atom stereocenters. The van der Waals surface area contributed by atoms with Gasteiger partial charge in [-0.15, -0.1) is 0 Å². The molecule has 1 aliphatic rings. The van der Waals surface area contributed by atoms with Crippen molar-refractivity contribution in [1.82, 2.24) is 5.32 Å². The van der Waals surface area contributed by atoms with Crippen LogP contribution < -0.4 is 5.32 Å². The molecule has 13 heavy (non-hydrogen) atoms. The van der Waals surface area contributed by atoms with E-state index >= 15 is 0 Å². The highest BCUT2D eigenvalue weighted by Crippen LogP contribution is 2.26. The highest BCUT2D eigenvalue weighted by Gasteiger charge is 2.33. The topological polar surface area (TPSA) is 46.2 Å². The highest BCUT2D eigenvalue weighted by molar-refractivity contribution is 7.91. The number of hydrogen-bond acceptors (Lipinski definition) is 3. The third-order valence-electron chi connectivity index (χ3n) is 2.81. The largest absolute Gasteiger partial charge is 0.316 e. The second kappa shape index (κ2) is 3.58. The van der Waals surface area contributed by atoms with Gasteiger partial charge in [-0.1, -0.05) is 6.92 Å². The number of nitrogens with one attached hydrogen (secondary N) is 1. The molecule has 0 radical (unpaired) electrons. The third-order valence-corrected chi connectivity index (χ3v) is 5.02. The minimum Gasteiger partial charge on any atom is -0.316 e. The summed E-state index contributed by atoms with van der Waals surface area (Å²) < 4.78 is 23.0. The summed E-state index contributed by atoms with van der Waals surface area (Å²) in [5.41, 5.74) is 0.224. The van der Waals surface area contributed by atoms with Crippen molar-refractivity contribution in [3.05, 3.63) is 0 Å². The molecule has 0 aliphatic carbocycles. The quantitative estimate of drug-likeness (QED) is 0.739. The highest BCUT2D eigenvalue weighted by atomic mass is 32.2. The zero-order valence-electron chi connectivity index (χ0n) is 8.63. The lowest BCUT2D eigenvalue weighted by molar-refractivity contribution is 0.189. The summed E-state index contributed by atoms with van der Waals surface area (Å²) in [7, 11) is -2.84. The maximum atomic E-state index is 11.5. The van der Waals surface area contributed by atoms with E-state index < -0.39 is 9.84 Å². The fourth-order valence-corrected chi connectivity index (χ4v) is 2.60. The van der Waals surface area contributed by atoms with Crippen molar-refractivity contribution >= 4 is 9.84 Å². The lowest BCUT2D eigenvalue weighted by atomic mass is 9.82.